The maximum atomic E-state index is 14.0. The number of nitrogens with zero attached hydrogens (tertiary/aromatic N) is 4. The van der Waals surface area contributed by atoms with Crippen molar-refractivity contribution < 1.29 is 9.13 Å². The van der Waals surface area contributed by atoms with Gasteiger partial charge in [0.2, 0.25) is 0 Å². The second-order valence-corrected chi connectivity index (χ2v) is 5.98. The summed E-state index contributed by atoms with van der Waals surface area (Å²) in [7, 11) is 1.69. The van der Waals surface area contributed by atoms with E-state index in [2.05, 4.69) is 25.8 Å². The van der Waals surface area contributed by atoms with E-state index in [0.29, 0.717) is 5.52 Å². The number of hydrogen-bond acceptors (Lipinski definition) is 5. The lowest BCUT2D eigenvalue weighted by Crippen LogP contribution is -2.47. The summed E-state index contributed by atoms with van der Waals surface area (Å²) in [5.41, 5.74) is 1.47. The zero-order valence-corrected chi connectivity index (χ0v) is 14.0. The molecule has 0 aliphatic carbocycles. The lowest BCUT2D eigenvalue weighted by molar-refractivity contribution is 0.413. The Hall–Kier alpha value is -2.89. The Morgan fingerprint density at radius 3 is 2.48 bits per heavy atom. The van der Waals surface area contributed by atoms with Crippen LogP contribution in [0.2, 0.25) is 0 Å². The molecule has 1 aliphatic rings. The van der Waals surface area contributed by atoms with Crippen LogP contribution in [0.25, 0.3) is 10.9 Å². The van der Waals surface area contributed by atoms with Crippen LogP contribution in [0.1, 0.15) is 0 Å². The topological polar surface area (TPSA) is 41.5 Å². The van der Waals surface area contributed by atoms with Crippen LogP contribution in [0.15, 0.2) is 48.8 Å². The minimum atomic E-state index is -0.311. The molecule has 128 valence electrons. The van der Waals surface area contributed by atoms with Crippen molar-refractivity contribution in [3.63, 3.8) is 0 Å². The van der Waals surface area contributed by atoms with E-state index in [1.165, 1.54) is 12.4 Å². The number of piperazine rings is 1. The molecule has 0 bridgehead atoms. The van der Waals surface area contributed by atoms with Gasteiger partial charge in [0.15, 0.2) is 0 Å². The van der Waals surface area contributed by atoms with Crippen molar-refractivity contribution in [2.75, 3.05) is 43.1 Å². The van der Waals surface area contributed by atoms with Gasteiger partial charge in [0, 0.05) is 31.6 Å². The second-order valence-electron chi connectivity index (χ2n) is 5.98. The first-order chi connectivity index (χ1) is 12.3. The fourth-order valence-electron chi connectivity index (χ4n) is 3.34. The Labute approximate surface area is 145 Å². The molecule has 0 spiro atoms. The number of para-hydroxylation sites is 3. The lowest BCUT2D eigenvalue weighted by Gasteiger charge is -2.37. The molecule has 5 nitrogen and oxygen atoms in total. The number of hydrogen-bond donors (Lipinski definition) is 0. The van der Waals surface area contributed by atoms with Crippen LogP contribution in [-0.4, -0.2) is 43.3 Å². The fourth-order valence-corrected chi connectivity index (χ4v) is 3.34. The van der Waals surface area contributed by atoms with E-state index in [1.54, 1.807) is 13.2 Å². The largest absolute Gasteiger partial charge is 0.495 e. The Morgan fingerprint density at radius 1 is 0.920 bits per heavy atom. The van der Waals surface area contributed by atoms with Crippen molar-refractivity contribution in [3.05, 3.63) is 54.6 Å². The van der Waals surface area contributed by atoms with E-state index in [0.717, 1.165) is 48.8 Å². The van der Waals surface area contributed by atoms with Crippen molar-refractivity contribution in [3.8, 4) is 5.75 Å². The average molecular weight is 338 g/mol. The predicted octanol–water partition coefficient (Wildman–Crippen LogP) is 3.10. The van der Waals surface area contributed by atoms with E-state index >= 15 is 0 Å². The van der Waals surface area contributed by atoms with E-state index in [9.17, 15) is 4.39 Å². The highest BCUT2D eigenvalue weighted by molar-refractivity contribution is 5.89. The first kappa shape index (κ1) is 15.6. The maximum absolute atomic E-state index is 14.0. The summed E-state index contributed by atoms with van der Waals surface area (Å²) < 4.78 is 19.4. The van der Waals surface area contributed by atoms with E-state index in [4.69, 9.17) is 4.74 Å². The molecule has 1 fully saturated rings. The van der Waals surface area contributed by atoms with Gasteiger partial charge in [-0.25, -0.2) is 14.4 Å². The number of halogens is 1. The first-order valence-corrected chi connectivity index (χ1v) is 8.30. The number of methoxy groups -OCH3 is 1. The van der Waals surface area contributed by atoms with Gasteiger partial charge >= 0.3 is 0 Å². The molecule has 1 saturated heterocycles. The van der Waals surface area contributed by atoms with Gasteiger partial charge in [-0.15, -0.1) is 0 Å². The minimum absolute atomic E-state index is 0.311. The molecule has 1 aromatic heterocycles. The quantitative estimate of drug-likeness (QED) is 0.734. The fraction of sp³-hybridized carbons (Fsp3) is 0.263. The Kier molecular flexibility index (Phi) is 4.09. The molecule has 4 rings (SSSR count). The molecule has 0 saturated carbocycles. The second kappa shape index (κ2) is 6.55. The van der Waals surface area contributed by atoms with Gasteiger partial charge in [0.1, 0.15) is 29.2 Å². The summed E-state index contributed by atoms with van der Waals surface area (Å²) in [6, 6.07) is 13.0. The van der Waals surface area contributed by atoms with Crippen LogP contribution >= 0.6 is 0 Å². The summed E-state index contributed by atoms with van der Waals surface area (Å²) in [6.45, 7) is 3.31. The zero-order chi connectivity index (χ0) is 17.2. The monoisotopic (exact) mass is 338 g/mol. The molecular weight excluding hydrogens is 319 g/mol. The number of aromatic nitrogens is 2. The summed E-state index contributed by atoms with van der Waals surface area (Å²) in [4.78, 5) is 13.0. The third kappa shape index (κ3) is 2.84. The van der Waals surface area contributed by atoms with Crippen molar-refractivity contribution in [1.82, 2.24) is 9.97 Å². The number of benzene rings is 2. The molecule has 1 aliphatic heterocycles. The van der Waals surface area contributed by atoms with Gasteiger partial charge in [-0.1, -0.05) is 18.2 Å². The molecule has 0 atom stereocenters. The van der Waals surface area contributed by atoms with Crippen molar-refractivity contribution in [2.24, 2.45) is 0 Å². The van der Waals surface area contributed by atoms with E-state index in [1.807, 2.05) is 24.3 Å². The van der Waals surface area contributed by atoms with Crippen LogP contribution in [0.5, 0.6) is 5.75 Å². The van der Waals surface area contributed by atoms with Gasteiger partial charge in [-0.05, 0) is 24.3 Å². The predicted molar refractivity (Wildman–Crippen MR) is 96.9 cm³/mol. The third-order valence-corrected chi connectivity index (χ3v) is 4.60. The van der Waals surface area contributed by atoms with Gasteiger partial charge in [0.05, 0.1) is 12.8 Å². The molecule has 3 aromatic rings. The van der Waals surface area contributed by atoms with Crippen LogP contribution in [0, 0.1) is 5.82 Å². The summed E-state index contributed by atoms with van der Waals surface area (Å²) >= 11 is 0. The normalized spacial score (nSPS) is 14.8. The van der Waals surface area contributed by atoms with E-state index in [-0.39, 0.29) is 5.82 Å². The van der Waals surface area contributed by atoms with Crippen LogP contribution in [0.4, 0.5) is 15.9 Å². The molecule has 0 amide bonds. The number of rotatable bonds is 3. The number of fused-ring (bicyclic) bond motifs is 1. The molecule has 0 radical (unpaired) electrons. The Balaban J connectivity index is 1.58. The van der Waals surface area contributed by atoms with Crippen molar-refractivity contribution >= 4 is 22.4 Å². The van der Waals surface area contributed by atoms with Gasteiger partial charge in [-0.2, -0.15) is 0 Å². The number of ether oxygens (including phenoxy) is 1. The smallest absolute Gasteiger partial charge is 0.149 e. The molecule has 0 unspecified atom stereocenters. The SMILES string of the molecule is COc1ccccc1N1CCN(c2ncnc3c(F)cccc23)CC1. The van der Waals surface area contributed by atoms with Gasteiger partial charge in [-0.3, -0.25) is 0 Å². The Bertz CT molecular complexity index is 893. The molecule has 0 N–H and O–H groups in total. The van der Waals surface area contributed by atoms with Crippen molar-refractivity contribution in [2.45, 2.75) is 0 Å². The first-order valence-electron chi connectivity index (χ1n) is 8.30. The standard InChI is InChI=1S/C19H19FN4O/c1-25-17-8-3-2-7-16(17)23-9-11-24(12-10-23)19-14-5-4-6-15(20)18(14)21-13-22-19/h2-8,13H,9-12H2,1H3. The average Bonchev–Trinajstić information content (AvgIpc) is 2.68. The molecule has 2 heterocycles. The van der Waals surface area contributed by atoms with Gasteiger partial charge < -0.3 is 14.5 Å². The summed E-state index contributed by atoms with van der Waals surface area (Å²) in [5.74, 6) is 1.36. The van der Waals surface area contributed by atoms with Crippen LogP contribution in [-0.2, 0) is 0 Å². The molecular formula is C19H19FN4O. The summed E-state index contributed by atoms with van der Waals surface area (Å²) in [5, 5.41) is 0.758. The van der Waals surface area contributed by atoms with E-state index < -0.39 is 0 Å². The third-order valence-electron chi connectivity index (χ3n) is 4.60. The highest BCUT2D eigenvalue weighted by Gasteiger charge is 2.22. The highest BCUT2D eigenvalue weighted by Crippen LogP contribution is 2.30. The van der Waals surface area contributed by atoms with Crippen molar-refractivity contribution in [1.29, 1.82) is 0 Å². The summed E-state index contributed by atoms with van der Waals surface area (Å²) in [6.07, 6.45) is 1.44. The van der Waals surface area contributed by atoms with Crippen LogP contribution < -0.4 is 14.5 Å². The molecule has 6 heteroatoms. The maximum Gasteiger partial charge on any atom is 0.149 e. The minimum Gasteiger partial charge on any atom is -0.495 e. The molecule has 25 heavy (non-hydrogen) atoms. The Morgan fingerprint density at radius 2 is 1.68 bits per heavy atom. The zero-order valence-electron chi connectivity index (χ0n) is 14.0. The number of anilines is 2. The lowest BCUT2D eigenvalue weighted by atomic mass is 10.2. The highest BCUT2D eigenvalue weighted by atomic mass is 19.1. The van der Waals surface area contributed by atoms with Gasteiger partial charge in [0.25, 0.3) is 0 Å². The molecule has 2 aromatic carbocycles. The van der Waals surface area contributed by atoms with Crippen LogP contribution in [0.3, 0.4) is 0 Å².